The molecule has 1 aliphatic heterocycles. The fraction of sp³-hybridized carbons (Fsp3) is 0.304. The van der Waals surface area contributed by atoms with E-state index in [-0.39, 0.29) is 64.7 Å². The SMILES string of the molecule is Cc1[nH]c(C(=O)N[C@@H]2[C@@H]3CN(c4nc(Cc5ccc(C(N)=O)cc5)c(C(=O)[O-])s4)C[C@@H]32)c(Cl)c1Cl.[Li+]. The van der Waals surface area contributed by atoms with E-state index in [4.69, 9.17) is 28.9 Å². The van der Waals surface area contributed by atoms with Gasteiger partial charge in [0.25, 0.3) is 5.91 Å². The first kappa shape index (κ1) is 26.6. The predicted molar refractivity (Wildman–Crippen MR) is 130 cm³/mol. The number of rotatable bonds is 7. The number of nitrogens with one attached hydrogen (secondary N) is 2. The number of anilines is 1. The van der Waals surface area contributed by atoms with Crippen LogP contribution in [0.15, 0.2) is 24.3 Å². The molecule has 2 aliphatic rings. The van der Waals surface area contributed by atoms with E-state index in [1.165, 1.54) is 0 Å². The van der Waals surface area contributed by atoms with Crippen molar-refractivity contribution >= 4 is 57.5 Å². The molecule has 2 aromatic heterocycles. The molecule has 2 amide bonds. The van der Waals surface area contributed by atoms with Crippen LogP contribution in [-0.4, -0.2) is 46.9 Å². The van der Waals surface area contributed by atoms with E-state index in [0.29, 0.717) is 40.2 Å². The molecule has 13 heteroatoms. The number of nitrogens with zero attached hydrogens (tertiary/aromatic N) is 2. The molecule has 182 valence electrons. The molecule has 5 rings (SSSR count). The van der Waals surface area contributed by atoms with E-state index in [9.17, 15) is 19.5 Å². The number of benzene rings is 1. The van der Waals surface area contributed by atoms with Crippen molar-refractivity contribution in [2.24, 2.45) is 17.6 Å². The molecule has 3 atom stereocenters. The van der Waals surface area contributed by atoms with E-state index in [1.54, 1.807) is 31.2 Å². The van der Waals surface area contributed by atoms with Crippen molar-refractivity contribution in [1.82, 2.24) is 15.3 Å². The van der Waals surface area contributed by atoms with Crippen molar-refractivity contribution in [3.63, 3.8) is 0 Å². The Kier molecular flexibility index (Phi) is 7.47. The van der Waals surface area contributed by atoms with Crippen LogP contribution in [0.25, 0.3) is 0 Å². The summed E-state index contributed by atoms with van der Waals surface area (Å²) in [7, 11) is 0. The standard InChI is InChI=1S/C23H21Cl2N5O4S.Li/c1-9-15(24)16(25)18(27-9)21(32)29-17-12-7-30(8-13(12)17)23-28-14(19(35-23)22(33)34)6-10-2-4-11(5-3-10)20(26)31;/h2-5,12-13,17,27H,6-8H2,1H3,(H2,26,31)(H,29,32)(H,33,34);/q;+1/p-1/t12-,13+,17-;. The molecule has 3 aromatic rings. The number of thiazole rings is 1. The second-order valence-electron chi connectivity index (χ2n) is 8.78. The summed E-state index contributed by atoms with van der Waals surface area (Å²) in [5.74, 6) is -1.62. The third-order valence-electron chi connectivity index (χ3n) is 6.52. The molecule has 4 N–H and O–H groups in total. The van der Waals surface area contributed by atoms with Gasteiger partial charge >= 0.3 is 18.9 Å². The zero-order valence-corrected chi connectivity index (χ0v) is 21.8. The molecular weight excluding hydrogens is 520 g/mol. The first-order valence-corrected chi connectivity index (χ1v) is 12.4. The number of carboxylic acid groups (broad SMARTS) is 1. The smallest absolute Gasteiger partial charge is 0.544 e. The number of aromatic nitrogens is 2. The molecule has 2 fully saturated rings. The van der Waals surface area contributed by atoms with Crippen molar-refractivity contribution < 1.29 is 38.4 Å². The first-order chi connectivity index (χ1) is 16.6. The number of primary amides is 1. The summed E-state index contributed by atoms with van der Waals surface area (Å²) in [6.07, 6.45) is 0.289. The molecule has 1 saturated heterocycles. The van der Waals surface area contributed by atoms with Gasteiger partial charge in [-0.2, -0.15) is 0 Å². The van der Waals surface area contributed by atoms with Crippen molar-refractivity contribution in [1.29, 1.82) is 0 Å². The minimum atomic E-state index is -1.27. The number of aromatic amines is 1. The Hall–Kier alpha value is -2.48. The summed E-state index contributed by atoms with van der Waals surface area (Å²) in [5, 5.41) is 15.9. The van der Waals surface area contributed by atoms with Gasteiger partial charge in [-0.25, -0.2) is 4.98 Å². The first-order valence-electron chi connectivity index (χ1n) is 10.8. The van der Waals surface area contributed by atoms with Gasteiger partial charge in [0.15, 0.2) is 5.13 Å². The summed E-state index contributed by atoms with van der Waals surface area (Å²) in [6.45, 7) is 3.05. The molecule has 1 aromatic carbocycles. The Balaban J connectivity index is 0.00000304. The maximum atomic E-state index is 12.6. The van der Waals surface area contributed by atoms with Crippen molar-refractivity contribution in [2.75, 3.05) is 18.0 Å². The number of halogens is 2. The van der Waals surface area contributed by atoms with Gasteiger partial charge in [0.1, 0.15) is 5.69 Å². The number of carbonyl (C=O) groups excluding carboxylic acids is 3. The fourth-order valence-corrected chi connectivity index (χ4v) is 5.93. The topological polar surface area (TPSA) is 144 Å². The van der Waals surface area contributed by atoms with E-state index in [2.05, 4.69) is 15.3 Å². The molecule has 0 unspecified atom stereocenters. The van der Waals surface area contributed by atoms with Crippen LogP contribution in [-0.2, 0) is 6.42 Å². The summed E-state index contributed by atoms with van der Waals surface area (Å²) in [6, 6.07) is 6.66. The average molecular weight is 540 g/mol. The Morgan fingerprint density at radius 1 is 1.19 bits per heavy atom. The monoisotopic (exact) mass is 539 g/mol. The van der Waals surface area contributed by atoms with Crippen molar-refractivity contribution in [3.05, 3.63) is 67.4 Å². The Morgan fingerprint density at radius 2 is 1.83 bits per heavy atom. The predicted octanol–water partition coefficient (Wildman–Crippen LogP) is -0.992. The van der Waals surface area contributed by atoms with E-state index in [1.807, 2.05) is 4.90 Å². The minimum Gasteiger partial charge on any atom is -0.544 e. The number of amides is 2. The summed E-state index contributed by atoms with van der Waals surface area (Å²) >= 11 is 13.3. The largest absolute Gasteiger partial charge is 1.00 e. The van der Waals surface area contributed by atoms with Crippen LogP contribution in [0.3, 0.4) is 0 Å². The zero-order chi connectivity index (χ0) is 25.0. The fourth-order valence-electron chi connectivity index (χ4n) is 4.58. The number of carboxylic acids is 1. The maximum Gasteiger partial charge on any atom is 1.00 e. The Bertz CT molecular complexity index is 1350. The van der Waals surface area contributed by atoms with Gasteiger partial charge in [0, 0.05) is 48.6 Å². The van der Waals surface area contributed by atoms with Crippen LogP contribution in [0.2, 0.25) is 10.0 Å². The van der Waals surface area contributed by atoms with Gasteiger partial charge in [-0.1, -0.05) is 46.7 Å². The number of nitrogens with two attached hydrogens (primary N) is 1. The van der Waals surface area contributed by atoms with E-state index >= 15 is 0 Å². The van der Waals surface area contributed by atoms with Crippen molar-refractivity contribution in [2.45, 2.75) is 19.4 Å². The quantitative estimate of drug-likeness (QED) is 0.329. The van der Waals surface area contributed by atoms with Crippen LogP contribution in [0.1, 0.15) is 47.5 Å². The Morgan fingerprint density at radius 3 is 2.36 bits per heavy atom. The van der Waals surface area contributed by atoms with Crippen LogP contribution in [0, 0.1) is 18.8 Å². The van der Waals surface area contributed by atoms with Crippen LogP contribution in [0.4, 0.5) is 5.13 Å². The minimum absolute atomic E-state index is 0. The molecule has 1 saturated carbocycles. The number of fused-ring (bicyclic) bond motifs is 1. The maximum absolute atomic E-state index is 12.6. The molecule has 9 nitrogen and oxygen atoms in total. The van der Waals surface area contributed by atoms with Gasteiger partial charge in [0.05, 0.1) is 26.6 Å². The van der Waals surface area contributed by atoms with Crippen LogP contribution < -0.4 is 39.9 Å². The molecule has 0 radical (unpaired) electrons. The number of hydrogen-bond acceptors (Lipinski definition) is 7. The average Bonchev–Trinajstić information content (AvgIpc) is 3.19. The zero-order valence-electron chi connectivity index (χ0n) is 19.4. The number of aromatic carboxylic acids is 1. The van der Waals surface area contributed by atoms with E-state index < -0.39 is 11.9 Å². The normalized spacial score (nSPS) is 20.0. The third-order valence-corrected chi connectivity index (χ3v) is 8.61. The number of H-pyrrole nitrogens is 1. The van der Waals surface area contributed by atoms with Gasteiger partial charge < -0.3 is 30.8 Å². The number of hydrogen-bond donors (Lipinski definition) is 3. The van der Waals surface area contributed by atoms with Crippen LogP contribution in [0.5, 0.6) is 0 Å². The number of piperidine rings is 1. The number of aryl methyl sites for hydroxylation is 1. The molecular formula is C23H20Cl2LiN5O4S. The number of carbonyl (C=O) groups is 3. The summed E-state index contributed by atoms with van der Waals surface area (Å²) in [4.78, 5) is 45.2. The second-order valence-corrected chi connectivity index (χ2v) is 10.5. The summed E-state index contributed by atoms with van der Waals surface area (Å²) < 4.78 is 0. The van der Waals surface area contributed by atoms with E-state index in [0.717, 1.165) is 16.9 Å². The summed E-state index contributed by atoms with van der Waals surface area (Å²) in [5.41, 5.74) is 7.75. The molecule has 0 bridgehead atoms. The molecule has 3 heterocycles. The molecule has 0 spiro atoms. The molecule has 36 heavy (non-hydrogen) atoms. The van der Waals surface area contributed by atoms with Gasteiger partial charge in [-0.15, -0.1) is 0 Å². The van der Waals surface area contributed by atoms with Crippen LogP contribution >= 0.6 is 34.5 Å². The van der Waals surface area contributed by atoms with Gasteiger partial charge in [0.2, 0.25) is 5.91 Å². The second kappa shape index (κ2) is 10.1. The third kappa shape index (κ3) is 4.88. The molecule has 1 aliphatic carbocycles. The van der Waals surface area contributed by atoms with Crippen molar-refractivity contribution in [3.8, 4) is 0 Å². The Labute approximate surface area is 232 Å². The van der Waals surface area contributed by atoms with Gasteiger partial charge in [-0.3, -0.25) is 9.59 Å². The van der Waals surface area contributed by atoms with Gasteiger partial charge in [-0.05, 0) is 24.6 Å².